The van der Waals surface area contributed by atoms with Crippen molar-refractivity contribution in [3.63, 3.8) is 0 Å². The molecule has 4 rings (SSSR count). The van der Waals surface area contributed by atoms with Gasteiger partial charge >= 0.3 is 6.18 Å². The van der Waals surface area contributed by atoms with E-state index >= 15 is 0 Å². The Morgan fingerprint density at radius 2 is 1.76 bits per heavy atom. The zero-order chi connectivity index (χ0) is 23.4. The Kier molecular flexibility index (Phi) is 6.45. The number of hydrogen-bond acceptors (Lipinski definition) is 5. The lowest BCUT2D eigenvalue weighted by molar-refractivity contribution is -0.137. The first-order valence-corrected chi connectivity index (χ1v) is 10.4. The van der Waals surface area contributed by atoms with Crippen LogP contribution in [0.15, 0.2) is 77.5 Å². The van der Waals surface area contributed by atoms with Gasteiger partial charge in [-0.1, -0.05) is 28.1 Å². The van der Waals surface area contributed by atoms with Crippen molar-refractivity contribution in [2.45, 2.75) is 6.18 Å². The Hall–Kier alpha value is -3.66. The largest absolute Gasteiger partial charge is 0.467 e. The van der Waals surface area contributed by atoms with Gasteiger partial charge in [0.1, 0.15) is 12.1 Å². The molecular weight excluding hydrogens is 503 g/mol. The maximum Gasteiger partial charge on any atom is 0.416 e. The van der Waals surface area contributed by atoms with E-state index in [9.17, 15) is 18.0 Å². The molecule has 0 fully saturated rings. The minimum absolute atomic E-state index is 0.0474. The van der Waals surface area contributed by atoms with E-state index in [0.29, 0.717) is 16.7 Å². The molecule has 1 N–H and O–H groups in total. The SMILES string of the molecule is O=C(COc1ncnc2ccccc12)Nc1cc(C(F)(F)F)ccc1Oc1ccc(Br)cc1. The highest BCUT2D eigenvalue weighted by atomic mass is 79.9. The number of carbonyl (C=O) groups is 1. The molecule has 6 nitrogen and oxygen atoms in total. The van der Waals surface area contributed by atoms with Crippen LogP contribution in [-0.4, -0.2) is 22.5 Å². The van der Waals surface area contributed by atoms with Gasteiger partial charge in [-0.25, -0.2) is 9.97 Å². The summed E-state index contributed by atoms with van der Waals surface area (Å²) in [6.07, 6.45) is -3.29. The number of aromatic nitrogens is 2. The number of alkyl halides is 3. The van der Waals surface area contributed by atoms with Crippen LogP contribution >= 0.6 is 15.9 Å². The van der Waals surface area contributed by atoms with Gasteiger partial charge in [0.15, 0.2) is 12.4 Å². The Morgan fingerprint density at radius 1 is 1.00 bits per heavy atom. The maximum absolute atomic E-state index is 13.2. The molecule has 33 heavy (non-hydrogen) atoms. The summed E-state index contributed by atoms with van der Waals surface area (Å²) in [5, 5.41) is 3.03. The molecule has 0 aliphatic carbocycles. The molecule has 1 heterocycles. The van der Waals surface area contributed by atoms with Gasteiger partial charge in [-0.05, 0) is 54.6 Å². The summed E-state index contributed by atoms with van der Waals surface area (Å²) in [6.45, 7) is -0.477. The standard InChI is InChI=1S/C23H15BrF3N3O3/c24-15-6-8-16(9-7-15)33-20-10-5-14(23(25,26)27)11-19(20)30-21(31)12-32-22-17-3-1-2-4-18(17)28-13-29-22/h1-11,13H,12H2,(H,30,31). The Bertz CT molecular complexity index is 1290. The molecule has 168 valence electrons. The molecule has 0 spiro atoms. The summed E-state index contributed by atoms with van der Waals surface area (Å²) in [5.74, 6) is -0.0628. The van der Waals surface area contributed by atoms with Gasteiger partial charge in [0.25, 0.3) is 5.91 Å². The predicted molar refractivity (Wildman–Crippen MR) is 119 cm³/mol. The lowest BCUT2D eigenvalue weighted by atomic mass is 10.1. The van der Waals surface area contributed by atoms with Gasteiger partial charge in [-0.15, -0.1) is 0 Å². The molecular formula is C23H15BrF3N3O3. The van der Waals surface area contributed by atoms with Gasteiger partial charge < -0.3 is 14.8 Å². The molecule has 0 unspecified atom stereocenters. The molecule has 0 aliphatic rings. The van der Waals surface area contributed by atoms with Crippen LogP contribution < -0.4 is 14.8 Å². The lowest BCUT2D eigenvalue weighted by Crippen LogP contribution is -2.21. The fraction of sp³-hybridized carbons (Fsp3) is 0.0870. The number of rotatable bonds is 6. The number of para-hydroxylation sites is 1. The fourth-order valence-electron chi connectivity index (χ4n) is 2.94. The maximum atomic E-state index is 13.2. The molecule has 0 saturated carbocycles. The van der Waals surface area contributed by atoms with Crippen molar-refractivity contribution in [2.24, 2.45) is 0 Å². The smallest absolute Gasteiger partial charge is 0.416 e. The minimum Gasteiger partial charge on any atom is -0.467 e. The number of nitrogens with zero attached hydrogens (tertiary/aromatic N) is 2. The normalized spacial score (nSPS) is 11.3. The number of fused-ring (bicyclic) bond motifs is 1. The van der Waals surface area contributed by atoms with E-state index in [1.165, 1.54) is 6.33 Å². The summed E-state index contributed by atoms with van der Waals surface area (Å²) in [7, 11) is 0. The fourth-order valence-corrected chi connectivity index (χ4v) is 3.20. The molecule has 10 heteroatoms. The van der Waals surface area contributed by atoms with Crippen LogP contribution in [0.4, 0.5) is 18.9 Å². The van der Waals surface area contributed by atoms with Crippen molar-refractivity contribution in [1.29, 1.82) is 0 Å². The highest BCUT2D eigenvalue weighted by Gasteiger charge is 2.31. The third-order valence-corrected chi connectivity index (χ3v) is 5.00. The summed E-state index contributed by atoms with van der Waals surface area (Å²) in [6, 6.07) is 16.6. The van der Waals surface area contributed by atoms with E-state index in [2.05, 4.69) is 31.2 Å². The Morgan fingerprint density at radius 3 is 2.52 bits per heavy atom. The first-order valence-electron chi connectivity index (χ1n) is 9.57. The number of hydrogen-bond donors (Lipinski definition) is 1. The van der Waals surface area contributed by atoms with Crippen LogP contribution in [0, 0.1) is 0 Å². The van der Waals surface area contributed by atoms with Crippen molar-refractivity contribution >= 4 is 38.4 Å². The number of amides is 1. The van der Waals surface area contributed by atoms with E-state index < -0.39 is 24.3 Å². The van der Waals surface area contributed by atoms with Crippen molar-refractivity contribution in [3.8, 4) is 17.4 Å². The lowest BCUT2D eigenvalue weighted by Gasteiger charge is -2.15. The van der Waals surface area contributed by atoms with E-state index in [-0.39, 0.29) is 17.3 Å². The monoisotopic (exact) mass is 517 g/mol. The number of carbonyl (C=O) groups excluding carboxylic acids is 1. The molecule has 0 radical (unpaired) electrons. The second-order valence-corrected chi connectivity index (χ2v) is 7.71. The summed E-state index contributed by atoms with van der Waals surface area (Å²) >= 11 is 3.30. The number of ether oxygens (including phenoxy) is 2. The first kappa shape index (κ1) is 22.5. The average molecular weight is 518 g/mol. The van der Waals surface area contributed by atoms with Gasteiger partial charge in [-0.2, -0.15) is 13.2 Å². The summed E-state index contributed by atoms with van der Waals surface area (Å²) in [5.41, 5.74) is -0.441. The van der Waals surface area contributed by atoms with Crippen LogP contribution in [0.5, 0.6) is 17.4 Å². The van der Waals surface area contributed by atoms with Gasteiger partial charge in [0, 0.05) is 4.47 Å². The van der Waals surface area contributed by atoms with Crippen LogP contribution in [0.3, 0.4) is 0 Å². The van der Waals surface area contributed by atoms with Gasteiger partial charge in [-0.3, -0.25) is 4.79 Å². The van der Waals surface area contributed by atoms with Crippen LogP contribution in [-0.2, 0) is 11.0 Å². The Balaban J connectivity index is 1.54. The second kappa shape index (κ2) is 9.45. The zero-order valence-electron chi connectivity index (χ0n) is 16.8. The first-order chi connectivity index (χ1) is 15.8. The molecule has 3 aromatic carbocycles. The second-order valence-electron chi connectivity index (χ2n) is 6.80. The number of anilines is 1. The third kappa shape index (κ3) is 5.58. The van der Waals surface area contributed by atoms with E-state index in [1.807, 2.05) is 0 Å². The molecule has 0 bridgehead atoms. The number of halogens is 4. The molecule has 1 amide bonds. The highest BCUT2D eigenvalue weighted by Crippen LogP contribution is 2.37. The van der Waals surface area contributed by atoms with Gasteiger partial charge in [0.05, 0.1) is 22.2 Å². The third-order valence-electron chi connectivity index (χ3n) is 4.47. The Labute approximate surface area is 194 Å². The topological polar surface area (TPSA) is 73.3 Å². The minimum atomic E-state index is -4.59. The summed E-state index contributed by atoms with van der Waals surface area (Å²) < 4.78 is 51.7. The number of benzene rings is 3. The predicted octanol–water partition coefficient (Wildman–Crippen LogP) is 6.22. The molecule has 4 aromatic rings. The van der Waals surface area contributed by atoms with Crippen LogP contribution in [0.2, 0.25) is 0 Å². The van der Waals surface area contributed by atoms with Gasteiger partial charge in [0.2, 0.25) is 5.88 Å². The number of nitrogens with one attached hydrogen (secondary N) is 1. The highest BCUT2D eigenvalue weighted by molar-refractivity contribution is 9.10. The van der Waals surface area contributed by atoms with Crippen molar-refractivity contribution < 1.29 is 27.4 Å². The van der Waals surface area contributed by atoms with E-state index in [1.54, 1.807) is 48.5 Å². The van der Waals surface area contributed by atoms with Crippen molar-refractivity contribution in [3.05, 3.63) is 83.1 Å². The van der Waals surface area contributed by atoms with Crippen LogP contribution in [0.1, 0.15) is 5.56 Å². The van der Waals surface area contributed by atoms with Crippen molar-refractivity contribution in [1.82, 2.24) is 9.97 Å². The summed E-state index contributed by atoms with van der Waals surface area (Å²) in [4.78, 5) is 20.6. The van der Waals surface area contributed by atoms with E-state index in [0.717, 1.165) is 22.7 Å². The molecule has 0 saturated heterocycles. The molecule has 0 aliphatic heterocycles. The van der Waals surface area contributed by atoms with Crippen LogP contribution in [0.25, 0.3) is 10.9 Å². The zero-order valence-corrected chi connectivity index (χ0v) is 18.4. The molecule has 0 atom stereocenters. The average Bonchev–Trinajstić information content (AvgIpc) is 2.79. The van der Waals surface area contributed by atoms with Crippen molar-refractivity contribution in [2.75, 3.05) is 11.9 Å². The van der Waals surface area contributed by atoms with E-state index in [4.69, 9.17) is 9.47 Å². The molecule has 1 aromatic heterocycles. The quantitative estimate of drug-likeness (QED) is 0.328.